The number of hydrogen-bond acceptors (Lipinski definition) is 2. The first-order valence-corrected chi connectivity index (χ1v) is 11.3. The lowest BCUT2D eigenvalue weighted by Gasteiger charge is -2.33. The number of halogens is 1. The number of benzene rings is 1. The Morgan fingerprint density at radius 1 is 1.14 bits per heavy atom. The van der Waals surface area contributed by atoms with Crippen LogP contribution in [0, 0.1) is 0 Å². The van der Waals surface area contributed by atoms with E-state index in [9.17, 15) is 0 Å². The predicted molar refractivity (Wildman–Crippen MR) is 97.5 cm³/mol. The lowest BCUT2D eigenvalue weighted by molar-refractivity contribution is 0.216. The van der Waals surface area contributed by atoms with Gasteiger partial charge >= 0.3 is 0 Å². The highest BCUT2D eigenvalue weighted by Gasteiger charge is 2.34. The molecule has 2 rings (SSSR count). The summed E-state index contributed by atoms with van der Waals surface area (Å²) < 4.78 is 9.92. The quantitative estimate of drug-likeness (QED) is 0.609. The molecule has 0 aliphatic rings. The Morgan fingerprint density at radius 3 is 2.18 bits per heavy atom. The third-order valence-corrected chi connectivity index (χ3v) is 9.70. The monoisotopic (exact) mass is 380 g/mol. The van der Waals surface area contributed by atoms with Crippen molar-refractivity contribution in [3.8, 4) is 0 Å². The Kier molecular flexibility index (Phi) is 6.00. The van der Waals surface area contributed by atoms with Crippen LogP contribution in [0.15, 0.2) is 41.1 Å². The van der Waals surface area contributed by atoms with E-state index < -0.39 is 8.32 Å². The van der Waals surface area contributed by atoms with Crippen molar-refractivity contribution < 1.29 is 4.43 Å². The van der Waals surface area contributed by atoms with E-state index in [1.54, 1.807) is 0 Å². The fraction of sp³-hybridized carbons (Fsp3) is 0.471. The number of rotatable bonds is 7. The van der Waals surface area contributed by atoms with E-state index in [-0.39, 0.29) is 6.10 Å². The van der Waals surface area contributed by atoms with Gasteiger partial charge in [-0.2, -0.15) is 0 Å². The number of hydrogen-bond donors (Lipinski definition) is 0. The largest absolute Gasteiger partial charge is 0.403 e. The highest BCUT2D eigenvalue weighted by Crippen LogP contribution is 2.33. The Hall–Kier alpha value is -0.913. The minimum atomic E-state index is -1.72. The molecule has 0 saturated carbocycles. The number of imidazole rings is 1. The standard InChI is InChI=1S/C17H25BrN2OSi/c1-5-22(6-2,7-3)21-16(17-19-12-13-20(17)4)14-8-10-15(18)11-9-14/h8-13,16H,5-7H2,1-4H3. The van der Waals surface area contributed by atoms with E-state index in [1.165, 1.54) is 5.56 Å². The van der Waals surface area contributed by atoms with Gasteiger partial charge in [0.2, 0.25) is 0 Å². The number of aromatic nitrogens is 2. The zero-order valence-electron chi connectivity index (χ0n) is 13.8. The first-order valence-electron chi connectivity index (χ1n) is 7.95. The van der Waals surface area contributed by atoms with E-state index in [0.29, 0.717) is 0 Å². The zero-order chi connectivity index (χ0) is 16.2. The summed E-state index contributed by atoms with van der Waals surface area (Å²) in [5, 5.41) is 0. The highest BCUT2D eigenvalue weighted by molar-refractivity contribution is 9.10. The van der Waals surface area contributed by atoms with Crippen LogP contribution in [-0.4, -0.2) is 17.9 Å². The van der Waals surface area contributed by atoms with Gasteiger partial charge < -0.3 is 8.99 Å². The fourth-order valence-electron chi connectivity index (χ4n) is 2.79. The topological polar surface area (TPSA) is 27.1 Å². The maximum absolute atomic E-state index is 6.78. The van der Waals surface area contributed by atoms with Crippen LogP contribution >= 0.6 is 15.9 Å². The van der Waals surface area contributed by atoms with Gasteiger partial charge in [0.25, 0.3) is 0 Å². The van der Waals surface area contributed by atoms with Crippen molar-refractivity contribution in [2.45, 2.75) is 45.0 Å². The minimum Gasteiger partial charge on any atom is -0.403 e. The minimum absolute atomic E-state index is 0.0837. The van der Waals surface area contributed by atoms with Crippen LogP contribution in [0.3, 0.4) is 0 Å². The van der Waals surface area contributed by atoms with E-state index in [1.807, 2.05) is 19.4 Å². The van der Waals surface area contributed by atoms with Crippen LogP contribution in [0.5, 0.6) is 0 Å². The van der Waals surface area contributed by atoms with Crippen LogP contribution in [0.25, 0.3) is 0 Å². The molecule has 0 bridgehead atoms. The molecule has 1 aromatic heterocycles. The van der Waals surface area contributed by atoms with E-state index in [4.69, 9.17) is 4.43 Å². The van der Waals surface area contributed by atoms with Crippen molar-refractivity contribution >= 4 is 24.2 Å². The van der Waals surface area contributed by atoms with E-state index in [0.717, 1.165) is 28.4 Å². The zero-order valence-corrected chi connectivity index (χ0v) is 16.4. The fourth-order valence-corrected chi connectivity index (χ4v) is 5.79. The molecule has 0 aliphatic heterocycles. The summed E-state index contributed by atoms with van der Waals surface area (Å²) in [5.41, 5.74) is 1.17. The molecule has 3 nitrogen and oxygen atoms in total. The molecule has 0 saturated heterocycles. The van der Waals surface area contributed by atoms with Gasteiger partial charge in [-0.05, 0) is 35.8 Å². The van der Waals surface area contributed by atoms with Gasteiger partial charge in [0.1, 0.15) is 11.9 Å². The summed E-state index contributed by atoms with van der Waals surface area (Å²) in [4.78, 5) is 4.55. The molecule has 0 amide bonds. The SMILES string of the molecule is CC[Si](CC)(CC)OC(c1ccc(Br)cc1)c1nccn1C. The molecule has 1 unspecified atom stereocenters. The molecule has 0 aliphatic carbocycles. The molecule has 0 radical (unpaired) electrons. The normalized spacial score (nSPS) is 13.3. The summed E-state index contributed by atoms with van der Waals surface area (Å²) in [6.07, 6.45) is 3.74. The highest BCUT2D eigenvalue weighted by atomic mass is 79.9. The first-order chi connectivity index (χ1) is 10.5. The van der Waals surface area contributed by atoms with Gasteiger partial charge in [-0.25, -0.2) is 4.98 Å². The summed E-state index contributed by atoms with van der Waals surface area (Å²) in [6, 6.07) is 11.8. The molecular formula is C17H25BrN2OSi. The average molecular weight is 381 g/mol. The molecule has 1 atom stereocenters. The molecule has 0 spiro atoms. The molecule has 1 aromatic carbocycles. The second-order valence-corrected chi connectivity index (χ2v) is 11.3. The van der Waals surface area contributed by atoms with Gasteiger partial charge in [-0.1, -0.05) is 48.8 Å². The second-order valence-electron chi connectivity index (χ2n) is 5.69. The van der Waals surface area contributed by atoms with Crippen molar-refractivity contribution in [1.82, 2.24) is 9.55 Å². The predicted octanol–water partition coefficient (Wildman–Crippen LogP) is 5.29. The lowest BCUT2D eigenvalue weighted by atomic mass is 10.1. The van der Waals surface area contributed by atoms with Gasteiger partial charge in [-0.15, -0.1) is 0 Å². The van der Waals surface area contributed by atoms with Crippen molar-refractivity contribution in [1.29, 1.82) is 0 Å². The Labute approximate surface area is 143 Å². The maximum atomic E-state index is 6.78. The van der Waals surface area contributed by atoms with E-state index in [2.05, 4.69) is 70.5 Å². The van der Waals surface area contributed by atoms with Crippen molar-refractivity contribution in [2.75, 3.05) is 0 Å². The third-order valence-electron chi connectivity index (χ3n) is 4.57. The molecule has 1 heterocycles. The van der Waals surface area contributed by atoms with Crippen molar-refractivity contribution in [3.05, 3.63) is 52.5 Å². The number of nitrogens with zero attached hydrogens (tertiary/aromatic N) is 2. The third kappa shape index (κ3) is 3.70. The first kappa shape index (κ1) is 17.4. The summed E-state index contributed by atoms with van der Waals surface area (Å²) in [7, 11) is 0.311. The summed E-state index contributed by atoms with van der Waals surface area (Å²) in [6.45, 7) is 6.78. The van der Waals surface area contributed by atoms with Gasteiger partial charge in [0.15, 0.2) is 8.32 Å². The Morgan fingerprint density at radius 2 is 1.73 bits per heavy atom. The maximum Gasteiger partial charge on any atom is 0.193 e. The van der Waals surface area contributed by atoms with Crippen LogP contribution in [0.2, 0.25) is 18.1 Å². The number of aryl methyl sites for hydroxylation is 1. The molecule has 0 fully saturated rings. The molecule has 120 valence electrons. The molecule has 22 heavy (non-hydrogen) atoms. The van der Waals surface area contributed by atoms with Crippen molar-refractivity contribution in [2.24, 2.45) is 7.05 Å². The van der Waals surface area contributed by atoms with E-state index >= 15 is 0 Å². The smallest absolute Gasteiger partial charge is 0.193 e. The summed E-state index contributed by atoms with van der Waals surface area (Å²) in [5.74, 6) is 0.981. The molecule has 2 aromatic rings. The molecule has 0 N–H and O–H groups in total. The van der Waals surface area contributed by atoms with Gasteiger partial charge in [0, 0.05) is 23.9 Å². The molecule has 5 heteroatoms. The van der Waals surface area contributed by atoms with Crippen LogP contribution in [0.4, 0.5) is 0 Å². The second kappa shape index (κ2) is 7.57. The van der Waals surface area contributed by atoms with Crippen molar-refractivity contribution in [3.63, 3.8) is 0 Å². The lowest BCUT2D eigenvalue weighted by Crippen LogP contribution is -2.38. The average Bonchev–Trinajstić information content (AvgIpc) is 2.97. The molecular weight excluding hydrogens is 356 g/mol. The van der Waals surface area contributed by atoms with Gasteiger partial charge in [-0.3, -0.25) is 0 Å². The van der Waals surface area contributed by atoms with Crippen LogP contribution in [-0.2, 0) is 11.5 Å². The van der Waals surface area contributed by atoms with Crippen LogP contribution in [0.1, 0.15) is 38.3 Å². The Bertz CT molecular complexity index is 585. The summed E-state index contributed by atoms with van der Waals surface area (Å²) >= 11 is 3.51. The Balaban J connectivity index is 2.42. The van der Waals surface area contributed by atoms with Crippen LogP contribution < -0.4 is 0 Å². The van der Waals surface area contributed by atoms with Gasteiger partial charge in [0.05, 0.1) is 0 Å².